The number of rotatable bonds is 5. The number of amides is 1. The molecule has 0 bridgehead atoms. The zero-order valence-electron chi connectivity index (χ0n) is 12.6. The van der Waals surface area contributed by atoms with Gasteiger partial charge in [-0.1, -0.05) is 11.6 Å². The molecule has 5 heteroatoms. The topological polar surface area (TPSA) is 45.2 Å². The SMILES string of the molecule is CCN(CC)C(=O)C(C)Nc1ccc(Cl)c2cccnc12. The minimum Gasteiger partial charge on any atom is -0.372 e. The van der Waals surface area contributed by atoms with Crippen molar-refractivity contribution in [3.05, 3.63) is 35.5 Å². The van der Waals surface area contributed by atoms with Gasteiger partial charge in [0.05, 0.1) is 16.2 Å². The monoisotopic (exact) mass is 305 g/mol. The van der Waals surface area contributed by atoms with Crippen molar-refractivity contribution in [3.8, 4) is 0 Å². The number of nitrogens with one attached hydrogen (secondary N) is 1. The molecular formula is C16H20ClN3O. The van der Waals surface area contributed by atoms with Crippen LogP contribution in [0.15, 0.2) is 30.5 Å². The molecule has 112 valence electrons. The van der Waals surface area contributed by atoms with Crippen LogP contribution in [0.25, 0.3) is 10.9 Å². The third-order valence-electron chi connectivity index (χ3n) is 3.53. The molecule has 1 heterocycles. The fourth-order valence-electron chi connectivity index (χ4n) is 2.36. The standard InChI is InChI=1S/C16H20ClN3O/c1-4-20(5-2)16(21)11(3)19-14-9-8-13(17)12-7-6-10-18-15(12)14/h6-11,19H,4-5H2,1-3H3. The van der Waals surface area contributed by atoms with Crippen LogP contribution in [0.4, 0.5) is 5.69 Å². The highest BCUT2D eigenvalue weighted by Crippen LogP contribution is 2.28. The van der Waals surface area contributed by atoms with Gasteiger partial charge in [-0.15, -0.1) is 0 Å². The van der Waals surface area contributed by atoms with Crippen molar-refractivity contribution in [2.75, 3.05) is 18.4 Å². The lowest BCUT2D eigenvalue weighted by Crippen LogP contribution is -2.41. The van der Waals surface area contributed by atoms with Gasteiger partial charge in [-0.25, -0.2) is 0 Å². The highest BCUT2D eigenvalue weighted by Gasteiger charge is 2.19. The molecule has 1 unspecified atom stereocenters. The fraction of sp³-hybridized carbons (Fsp3) is 0.375. The molecule has 2 rings (SSSR count). The van der Waals surface area contributed by atoms with Crippen molar-refractivity contribution in [2.45, 2.75) is 26.8 Å². The van der Waals surface area contributed by atoms with E-state index in [2.05, 4.69) is 10.3 Å². The van der Waals surface area contributed by atoms with E-state index < -0.39 is 0 Å². The van der Waals surface area contributed by atoms with E-state index in [1.165, 1.54) is 0 Å². The van der Waals surface area contributed by atoms with Gasteiger partial charge in [0.15, 0.2) is 0 Å². The number of hydrogen-bond donors (Lipinski definition) is 1. The summed E-state index contributed by atoms with van der Waals surface area (Å²) < 4.78 is 0. The molecule has 21 heavy (non-hydrogen) atoms. The summed E-state index contributed by atoms with van der Waals surface area (Å²) >= 11 is 6.18. The number of anilines is 1. The first-order chi connectivity index (χ1) is 10.1. The molecule has 0 aliphatic heterocycles. The van der Waals surface area contributed by atoms with Crippen molar-refractivity contribution in [1.29, 1.82) is 0 Å². The van der Waals surface area contributed by atoms with E-state index in [-0.39, 0.29) is 11.9 Å². The van der Waals surface area contributed by atoms with Gasteiger partial charge in [0.2, 0.25) is 5.91 Å². The molecule has 1 aromatic carbocycles. The largest absolute Gasteiger partial charge is 0.372 e. The third kappa shape index (κ3) is 3.27. The number of likely N-dealkylation sites (N-methyl/N-ethyl adjacent to an activating group) is 1. The first-order valence-electron chi connectivity index (χ1n) is 7.17. The Hall–Kier alpha value is -1.81. The van der Waals surface area contributed by atoms with Crippen LogP contribution in [0.1, 0.15) is 20.8 Å². The van der Waals surface area contributed by atoms with E-state index in [1.807, 2.05) is 49.9 Å². The summed E-state index contributed by atoms with van der Waals surface area (Å²) in [4.78, 5) is 18.5. The van der Waals surface area contributed by atoms with E-state index >= 15 is 0 Å². The van der Waals surface area contributed by atoms with Crippen molar-refractivity contribution < 1.29 is 4.79 Å². The Morgan fingerprint density at radius 1 is 1.33 bits per heavy atom. The smallest absolute Gasteiger partial charge is 0.244 e. The molecular weight excluding hydrogens is 286 g/mol. The van der Waals surface area contributed by atoms with E-state index in [1.54, 1.807) is 6.20 Å². The number of benzene rings is 1. The van der Waals surface area contributed by atoms with E-state index in [9.17, 15) is 4.79 Å². The average molecular weight is 306 g/mol. The zero-order valence-corrected chi connectivity index (χ0v) is 13.3. The predicted molar refractivity (Wildman–Crippen MR) is 87.8 cm³/mol. The summed E-state index contributed by atoms with van der Waals surface area (Å²) in [6.45, 7) is 7.24. The van der Waals surface area contributed by atoms with E-state index in [0.717, 1.165) is 16.6 Å². The van der Waals surface area contributed by atoms with Gasteiger partial charge < -0.3 is 10.2 Å². The van der Waals surface area contributed by atoms with Crippen LogP contribution in [0.2, 0.25) is 5.02 Å². The van der Waals surface area contributed by atoms with Crippen LogP contribution in [0, 0.1) is 0 Å². The summed E-state index contributed by atoms with van der Waals surface area (Å²) in [6, 6.07) is 7.15. The number of aromatic nitrogens is 1. The minimum atomic E-state index is -0.309. The summed E-state index contributed by atoms with van der Waals surface area (Å²) in [6.07, 6.45) is 1.72. The van der Waals surface area contributed by atoms with Crippen LogP contribution in [-0.2, 0) is 4.79 Å². The second-order valence-electron chi connectivity index (χ2n) is 4.87. The minimum absolute atomic E-state index is 0.0824. The van der Waals surface area contributed by atoms with Crippen LogP contribution < -0.4 is 5.32 Å². The van der Waals surface area contributed by atoms with Crippen molar-refractivity contribution in [3.63, 3.8) is 0 Å². The van der Waals surface area contributed by atoms with E-state index in [0.29, 0.717) is 18.1 Å². The number of pyridine rings is 1. The van der Waals surface area contributed by atoms with Crippen LogP contribution >= 0.6 is 11.6 Å². The second-order valence-corrected chi connectivity index (χ2v) is 5.28. The third-order valence-corrected chi connectivity index (χ3v) is 3.86. The summed E-state index contributed by atoms with van der Waals surface area (Å²) in [5.41, 5.74) is 1.60. The molecule has 0 aliphatic carbocycles. The van der Waals surface area contributed by atoms with Gasteiger partial charge in [0, 0.05) is 24.7 Å². The molecule has 1 aromatic heterocycles. The Labute approximate surface area is 130 Å². The van der Waals surface area contributed by atoms with Gasteiger partial charge in [0.1, 0.15) is 6.04 Å². The fourth-order valence-corrected chi connectivity index (χ4v) is 2.57. The van der Waals surface area contributed by atoms with E-state index in [4.69, 9.17) is 11.6 Å². The van der Waals surface area contributed by atoms with Crippen LogP contribution in [-0.4, -0.2) is 34.9 Å². The Morgan fingerprint density at radius 2 is 2.05 bits per heavy atom. The summed E-state index contributed by atoms with van der Waals surface area (Å²) in [7, 11) is 0. The van der Waals surface area contributed by atoms with Gasteiger partial charge in [0.25, 0.3) is 0 Å². The molecule has 0 aliphatic rings. The highest BCUT2D eigenvalue weighted by molar-refractivity contribution is 6.35. The molecule has 0 saturated carbocycles. The molecule has 0 fully saturated rings. The van der Waals surface area contributed by atoms with Gasteiger partial charge in [-0.2, -0.15) is 0 Å². The lowest BCUT2D eigenvalue weighted by atomic mass is 10.1. The molecule has 0 spiro atoms. The average Bonchev–Trinajstić information content (AvgIpc) is 2.51. The molecule has 1 atom stereocenters. The number of halogens is 1. The number of carbonyl (C=O) groups excluding carboxylic acids is 1. The molecule has 0 saturated heterocycles. The first-order valence-corrected chi connectivity index (χ1v) is 7.54. The van der Waals surface area contributed by atoms with Gasteiger partial charge in [-0.05, 0) is 45.0 Å². The Bertz CT molecular complexity index is 640. The first kappa shape index (κ1) is 15.6. The lowest BCUT2D eigenvalue weighted by molar-refractivity contribution is -0.131. The summed E-state index contributed by atoms with van der Waals surface area (Å²) in [5, 5.41) is 4.79. The van der Waals surface area contributed by atoms with Gasteiger partial charge >= 0.3 is 0 Å². The Morgan fingerprint density at radius 3 is 2.71 bits per heavy atom. The molecule has 1 amide bonds. The normalized spacial score (nSPS) is 12.2. The zero-order chi connectivity index (χ0) is 15.4. The van der Waals surface area contributed by atoms with Crippen molar-refractivity contribution in [2.24, 2.45) is 0 Å². The van der Waals surface area contributed by atoms with Crippen LogP contribution in [0.3, 0.4) is 0 Å². The van der Waals surface area contributed by atoms with Crippen molar-refractivity contribution >= 4 is 34.1 Å². The number of hydrogen-bond acceptors (Lipinski definition) is 3. The lowest BCUT2D eigenvalue weighted by Gasteiger charge is -2.24. The van der Waals surface area contributed by atoms with Gasteiger partial charge in [-0.3, -0.25) is 9.78 Å². The maximum atomic E-state index is 12.3. The maximum absolute atomic E-state index is 12.3. The number of fused-ring (bicyclic) bond motifs is 1. The Balaban J connectivity index is 2.28. The number of carbonyl (C=O) groups is 1. The maximum Gasteiger partial charge on any atom is 0.244 e. The highest BCUT2D eigenvalue weighted by atomic mass is 35.5. The quantitative estimate of drug-likeness (QED) is 0.918. The molecule has 1 N–H and O–H groups in total. The predicted octanol–water partition coefficient (Wildman–Crippen LogP) is 3.56. The summed E-state index contributed by atoms with van der Waals surface area (Å²) in [5.74, 6) is 0.0824. The number of nitrogens with zero attached hydrogens (tertiary/aromatic N) is 2. The van der Waals surface area contributed by atoms with Crippen LogP contribution in [0.5, 0.6) is 0 Å². The molecule has 2 aromatic rings. The molecule has 4 nitrogen and oxygen atoms in total. The Kier molecular flexibility index (Phi) is 5.02. The second kappa shape index (κ2) is 6.76. The van der Waals surface area contributed by atoms with Crippen molar-refractivity contribution in [1.82, 2.24) is 9.88 Å². The molecule has 0 radical (unpaired) electrons.